The van der Waals surface area contributed by atoms with Gasteiger partial charge in [-0.15, -0.1) is 0 Å². The van der Waals surface area contributed by atoms with Crippen molar-refractivity contribution in [1.29, 1.82) is 0 Å². The van der Waals surface area contributed by atoms with Gasteiger partial charge in [-0.2, -0.15) is 0 Å². The lowest BCUT2D eigenvalue weighted by Crippen LogP contribution is -2.40. The lowest BCUT2D eigenvalue weighted by Gasteiger charge is -2.28. The minimum absolute atomic E-state index is 0.182. The number of hydrogen-bond donors (Lipinski definition) is 0. The predicted molar refractivity (Wildman–Crippen MR) is 115 cm³/mol. The second kappa shape index (κ2) is 10.7. The third-order valence-electron chi connectivity index (χ3n) is 6.30. The lowest BCUT2D eigenvalue weighted by atomic mass is 9.88. The minimum Gasteiger partial charge on any atom is -0.493 e. The van der Waals surface area contributed by atoms with Crippen molar-refractivity contribution in [3.8, 4) is 5.75 Å². The standard InChI is InChI=1S/C24H36N2O3/c1-19-9-6-10-20(2)23(19)29-18-7-13-22(27)25-14-8-15-26(17-16-25)24(28)21-11-4-3-5-12-21/h6,9-10,21H,3-5,7-8,11-18H2,1-2H3. The van der Waals surface area contributed by atoms with E-state index in [-0.39, 0.29) is 11.8 Å². The Balaban J connectivity index is 1.40. The largest absolute Gasteiger partial charge is 0.493 e. The summed E-state index contributed by atoms with van der Waals surface area (Å²) < 4.78 is 5.92. The zero-order valence-corrected chi connectivity index (χ0v) is 18.1. The molecule has 29 heavy (non-hydrogen) atoms. The molecule has 1 heterocycles. The van der Waals surface area contributed by atoms with Crippen LogP contribution in [0, 0.1) is 19.8 Å². The molecule has 0 atom stereocenters. The van der Waals surface area contributed by atoms with Crippen LogP contribution in [0.1, 0.15) is 62.5 Å². The van der Waals surface area contributed by atoms with Crippen molar-refractivity contribution in [2.45, 2.75) is 65.2 Å². The highest BCUT2D eigenvalue weighted by atomic mass is 16.5. The van der Waals surface area contributed by atoms with E-state index in [1.165, 1.54) is 19.3 Å². The molecule has 2 amide bonds. The number of rotatable bonds is 6. The van der Waals surface area contributed by atoms with Crippen molar-refractivity contribution in [2.24, 2.45) is 5.92 Å². The summed E-state index contributed by atoms with van der Waals surface area (Å²) in [4.78, 5) is 29.4. The first-order chi connectivity index (χ1) is 14.1. The van der Waals surface area contributed by atoms with E-state index in [4.69, 9.17) is 4.74 Å². The minimum atomic E-state index is 0.182. The van der Waals surface area contributed by atoms with E-state index in [9.17, 15) is 9.59 Å². The number of amides is 2. The van der Waals surface area contributed by atoms with Crippen molar-refractivity contribution in [3.63, 3.8) is 0 Å². The maximum absolute atomic E-state index is 12.8. The van der Waals surface area contributed by atoms with E-state index in [2.05, 4.69) is 0 Å². The monoisotopic (exact) mass is 400 g/mol. The number of ether oxygens (including phenoxy) is 1. The maximum Gasteiger partial charge on any atom is 0.225 e. The van der Waals surface area contributed by atoms with Crippen LogP contribution >= 0.6 is 0 Å². The van der Waals surface area contributed by atoms with Gasteiger partial charge in [0.05, 0.1) is 6.61 Å². The fourth-order valence-corrected chi connectivity index (χ4v) is 4.58. The van der Waals surface area contributed by atoms with Gasteiger partial charge in [0, 0.05) is 38.5 Å². The van der Waals surface area contributed by atoms with Crippen molar-refractivity contribution in [1.82, 2.24) is 9.80 Å². The molecule has 1 aromatic carbocycles. The van der Waals surface area contributed by atoms with Crippen LogP contribution in [0.2, 0.25) is 0 Å². The van der Waals surface area contributed by atoms with Crippen molar-refractivity contribution in [2.75, 3.05) is 32.8 Å². The molecule has 5 nitrogen and oxygen atoms in total. The van der Waals surface area contributed by atoms with E-state index >= 15 is 0 Å². The second-order valence-electron chi connectivity index (χ2n) is 8.57. The molecule has 0 N–H and O–H groups in total. The fraction of sp³-hybridized carbons (Fsp3) is 0.667. The SMILES string of the molecule is Cc1cccc(C)c1OCCCC(=O)N1CCCN(C(=O)C2CCCCC2)CC1. The van der Waals surface area contributed by atoms with Gasteiger partial charge in [-0.1, -0.05) is 37.5 Å². The summed E-state index contributed by atoms with van der Waals surface area (Å²) in [6, 6.07) is 6.12. The Kier molecular flexibility index (Phi) is 7.96. The van der Waals surface area contributed by atoms with Gasteiger partial charge >= 0.3 is 0 Å². The molecule has 1 aliphatic heterocycles. The average Bonchev–Trinajstić information content (AvgIpc) is 2.99. The Labute approximate surface area is 175 Å². The zero-order valence-electron chi connectivity index (χ0n) is 18.1. The van der Waals surface area contributed by atoms with Gasteiger partial charge in [-0.3, -0.25) is 9.59 Å². The Morgan fingerprint density at radius 2 is 1.59 bits per heavy atom. The highest BCUT2D eigenvalue weighted by molar-refractivity contribution is 5.79. The van der Waals surface area contributed by atoms with Crippen LogP contribution in [-0.2, 0) is 9.59 Å². The van der Waals surface area contributed by atoms with Gasteiger partial charge in [0.15, 0.2) is 0 Å². The summed E-state index contributed by atoms with van der Waals surface area (Å²) in [6.07, 6.45) is 7.80. The molecule has 1 aliphatic carbocycles. The van der Waals surface area contributed by atoms with E-state index in [1.807, 2.05) is 41.8 Å². The molecule has 2 aliphatic rings. The Morgan fingerprint density at radius 3 is 2.31 bits per heavy atom. The van der Waals surface area contributed by atoms with Crippen LogP contribution in [0.5, 0.6) is 5.75 Å². The Morgan fingerprint density at radius 1 is 0.931 bits per heavy atom. The van der Waals surface area contributed by atoms with Crippen LogP contribution < -0.4 is 4.74 Å². The molecule has 160 valence electrons. The summed E-state index contributed by atoms with van der Waals surface area (Å²) in [5.74, 6) is 1.66. The molecule has 0 unspecified atom stereocenters. The molecule has 1 aromatic rings. The van der Waals surface area contributed by atoms with E-state index in [0.29, 0.717) is 38.4 Å². The van der Waals surface area contributed by atoms with Gasteiger partial charge in [-0.25, -0.2) is 0 Å². The Hall–Kier alpha value is -2.04. The number of para-hydroxylation sites is 1. The number of carbonyl (C=O) groups is 2. The van der Waals surface area contributed by atoms with Gasteiger partial charge in [-0.05, 0) is 50.7 Å². The number of carbonyl (C=O) groups excluding carboxylic acids is 2. The van der Waals surface area contributed by atoms with Crippen LogP contribution in [-0.4, -0.2) is 54.4 Å². The summed E-state index contributed by atoms with van der Waals surface area (Å²) in [5.41, 5.74) is 2.26. The molecule has 0 bridgehead atoms. The zero-order chi connectivity index (χ0) is 20.6. The number of hydrogen-bond acceptors (Lipinski definition) is 3. The summed E-state index contributed by atoms with van der Waals surface area (Å²) >= 11 is 0. The third-order valence-corrected chi connectivity index (χ3v) is 6.30. The van der Waals surface area contributed by atoms with Crippen molar-refractivity contribution < 1.29 is 14.3 Å². The Bertz CT molecular complexity index is 677. The molecule has 0 spiro atoms. The molecule has 3 rings (SSSR count). The lowest BCUT2D eigenvalue weighted by molar-refractivity contribution is -0.137. The molecule has 1 saturated heterocycles. The normalized spacial score (nSPS) is 18.4. The first-order valence-corrected chi connectivity index (χ1v) is 11.3. The van der Waals surface area contributed by atoms with Crippen LogP contribution in [0.3, 0.4) is 0 Å². The van der Waals surface area contributed by atoms with Crippen molar-refractivity contribution >= 4 is 11.8 Å². The van der Waals surface area contributed by atoms with E-state index in [0.717, 1.165) is 49.2 Å². The average molecular weight is 401 g/mol. The molecule has 0 radical (unpaired) electrons. The number of nitrogens with zero attached hydrogens (tertiary/aromatic N) is 2. The fourth-order valence-electron chi connectivity index (χ4n) is 4.58. The van der Waals surface area contributed by atoms with Crippen LogP contribution in [0.15, 0.2) is 18.2 Å². The molecular weight excluding hydrogens is 364 g/mol. The highest BCUT2D eigenvalue weighted by Crippen LogP contribution is 2.26. The van der Waals surface area contributed by atoms with E-state index in [1.54, 1.807) is 0 Å². The van der Waals surface area contributed by atoms with E-state index < -0.39 is 0 Å². The highest BCUT2D eigenvalue weighted by Gasteiger charge is 2.28. The van der Waals surface area contributed by atoms with Gasteiger partial charge in [0.1, 0.15) is 5.75 Å². The topological polar surface area (TPSA) is 49.9 Å². The molecule has 0 aromatic heterocycles. The van der Waals surface area contributed by atoms with Gasteiger partial charge in [0.25, 0.3) is 0 Å². The predicted octanol–water partition coefficient (Wildman–Crippen LogP) is 4.10. The smallest absolute Gasteiger partial charge is 0.225 e. The second-order valence-corrected chi connectivity index (χ2v) is 8.57. The first kappa shape index (κ1) is 21.7. The van der Waals surface area contributed by atoms with Crippen LogP contribution in [0.25, 0.3) is 0 Å². The van der Waals surface area contributed by atoms with Crippen LogP contribution in [0.4, 0.5) is 0 Å². The maximum atomic E-state index is 12.8. The molecule has 2 fully saturated rings. The third kappa shape index (κ3) is 5.97. The summed E-state index contributed by atoms with van der Waals surface area (Å²) in [5, 5.41) is 0. The quantitative estimate of drug-likeness (QED) is 0.676. The summed E-state index contributed by atoms with van der Waals surface area (Å²) in [6.45, 7) is 7.53. The number of benzene rings is 1. The van der Waals surface area contributed by atoms with Gasteiger partial charge < -0.3 is 14.5 Å². The molecule has 5 heteroatoms. The summed E-state index contributed by atoms with van der Waals surface area (Å²) in [7, 11) is 0. The van der Waals surface area contributed by atoms with Gasteiger partial charge in [0.2, 0.25) is 11.8 Å². The molecule has 1 saturated carbocycles. The first-order valence-electron chi connectivity index (χ1n) is 11.3. The van der Waals surface area contributed by atoms with Crippen molar-refractivity contribution in [3.05, 3.63) is 29.3 Å². The number of aryl methyl sites for hydroxylation is 2. The molecular formula is C24H36N2O3.